The van der Waals surface area contributed by atoms with E-state index in [4.69, 9.17) is 9.47 Å². The molecule has 3 aromatic rings. The van der Waals surface area contributed by atoms with E-state index in [0.29, 0.717) is 6.61 Å². The Morgan fingerprint density at radius 2 is 1.74 bits per heavy atom. The minimum Gasteiger partial charge on any atom is -0.487 e. The quantitative estimate of drug-likeness (QED) is 0.188. The van der Waals surface area contributed by atoms with E-state index in [2.05, 4.69) is 63.2 Å². The van der Waals surface area contributed by atoms with Gasteiger partial charge in [-0.1, -0.05) is 36.4 Å². The highest BCUT2D eigenvalue weighted by atomic mass is 127. The maximum absolute atomic E-state index is 14.0. The van der Waals surface area contributed by atoms with Gasteiger partial charge >= 0.3 is 5.97 Å². The standard InChI is InChI=1S/C24H16FI2NO3/c1-14-6-2-3-7-16(14)13-30-22-19(26)10-15(11-20(22)27)12-21-24(29)31-23(28-21)17-8-4-5-9-18(17)25/h2-12H,13H2,1H3/b21-12-. The van der Waals surface area contributed by atoms with E-state index in [9.17, 15) is 9.18 Å². The van der Waals surface area contributed by atoms with Crippen molar-refractivity contribution in [3.63, 3.8) is 0 Å². The third kappa shape index (κ3) is 4.98. The van der Waals surface area contributed by atoms with Gasteiger partial charge in [-0.2, -0.15) is 0 Å². The zero-order chi connectivity index (χ0) is 22.0. The lowest BCUT2D eigenvalue weighted by Crippen LogP contribution is -2.07. The van der Waals surface area contributed by atoms with E-state index < -0.39 is 11.8 Å². The smallest absolute Gasteiger partial charge is 0.363 e. The number of hydrogen-bond donors (Lipinski definition) is 0. The number of carbonyl (C=O) groups excluding carboxylic acids is 1. The maximum atomic E-state index is 14.0. The molecule has 0 unspecified atom stereocenters. The number of halogens is 3. The summed E-state index contributed by atoms with van der Waals surface area (Å²) in [6, 6.07) is 18.0. The van der Waals surface area contributed by atoms with Crippen LogP contribution in [0.1, 0.15) is 22.3 Å². The molecule has 0 saturated carbocycles. The molecule has 0 amide bonds. The van der Waals surface area contributed by atoms with Gasteiger partial charge in [-0.15, -0.1) is 0 Å². The van der Waals surface area contributed by atoms with Crippen LogP contribution in [0.25, 0.3) is 6.08 Å². The monoisotopic (exact) mass is 639 g/mol. The van der Waals surface area contributed by atoms with E-state index >= 15 is 0 Å². The van der Waals surface area contributed by atoms with Crippen molar-refractivity contribution in [2.24, 2.45) is 4.99 Å². The normalized spacial score (nSPS) is 14.5. The summed E-state index contributed by atoms with van der Waals surface area (Å²) >= 11 is 4.42. The molecule has 0 fully saturated rings. The van der Waals surface area contributed by atoms with Crippen molar-refractivity contribution in [1.29, 1.82) is 0 Å². The first-order valence-electron chi connectivity index (χ1n) is 9.36. The highest BCUT2D eigenvalue weighted by molar-refractivity contribution is 14.1. The highest BCUT2D eigenvalue weighted by Gasteiger charge is 2.26. The first-order chi connectivity index (χ1) is 14.9. The predicted molar refractivity (Wildman–Crippen MR) is 134 cm³/mol. The molecule has 0 aromatic heterocycles. The molecule has 1 heterocycles. The number of nitrogens with zero attached hydrogens (tertiary/aromatic N) is 1. The van der Waals surface area contributed by atoms with E-state index in [-0.39, 0.29) is 17.2 Å². The third-order valence-electron chi connectivity index (χ3n) is 4.68. The van der Waals surface area contributed by atoms with Crippen LogP contribution in [0.2, 0.25) is 0 Å². The minimum atomic E-state index is -0.608. The summed E-state index contributed by atoms with van der Waals surface area (Å²) in [6.07, 6.45) is 1.63. The number of hydrogen-bond acceptors (Lipinski definition) is 4. The number of rotatable bonds is 5. The van der Waals surface area contributed by atoms with Crippen molar-refractivity contribution in [1.82, 2.24) is 0 Å². The highest BCUT2D eigenvalue weighted by Crippen LogP contribution is 2.31. The lowest BCUT2D eigenvalue weighted by molar-refractivity contribution is -0.129. The van der Waals surface area contributed by atoms with Gasteiger partial charge in [0.05, 0.1) is 12.7 Å². The molecule has 31 heavy (non-hydrogen) atoms. The second kappa shape index (κ2) is 9.47. The van der Waals surface area contributed by atoms with E-state index in [1.54, 1.807) is 18.2 Å². The first-order valence-corrected chi connectivity index (χ1v) is 11.5. The molecule has 4 nitrogen and oxygen atoms in total. The Hall–Kier alpha value is -2.27. The summed E-state index contributed by atoms with van der Waals surface area (Å²) < 4.78 is 27.1. The molecule has 0 N–H and O–H groups in total. The van der Waals surface area contributed by atoms with Crippen molar-refractivity contribution in [3.05, 3.63) is 102 Å². The van der Waals surface area contributed by atoms with Gasteiger partial charge in [-0.25, -0.2) is 14.2 Å². The Morgan fingerprint density at radius 1 is 1.06 bits per heavy atom. The van der Waals surface area contributed by atoms with Crippen molar-refractivity contribution < 1.29 is 18.7 Å². The molecule has 1 aliphatic heterocycles. The molecule has 0 atom stereocenters. The summed E-state index contributed by atoms with van der Waals surface area (Å²) in [5.74, 6) is -0.342. The van der Waals surface area contributed by atoms with Crippen LogP contribution in [-0.4, -0.2) is 11.9 Å². The number of esters is 1. The molecule has 0 spiro atoms. The summed E-state index contributed by atoms with van der Waals surface area (Å²) in [5, 5.41) is 0. The summed E-state index contributed by atoms with van der Waals surface area (Å²) in [7, 11) is 0. The van der Waals surface area contributed by atoms with Crippen LogP contribution in [0.5, 0.6) is 5.75 Å². The molecule has 4 rings (SSSR count). The fourth-order valence-electron chi connectivity index (χ4n) is 3.04. The maximum Gasteiger partial charge on any atom is 0.363 e. The van der Waals surface area contributed by atoms with Crippen LogP contribution in [0.15, 0.2) is 71.4 Å². The Kier molecular flexibility index (Phi) is 6.71. The van der Waals surface area contributed by atoms with Gasteiger partial charge in [-0.05, 0) is 99.1 Å². The Labute approximate surface area is 206 Å². The van der Waals surface area contributed by atoms with Crippen molar-refractivity contribution in [2.75, 3.05) is 0 Å². The van der Waals surface area contributed by atoms with Gasteiger partial charge in [0, 0.05) is 0 Å². The Morgan fingerprint density at radius 3 is 2.45 bits per heavy atom. The second-order valence-corrected chi connectivity index (χ2v) is 9.17. The third-order valence-corrected chi connectivity index (χ3v) is 6.28. The molecular weight excluding hydrogens is 623 g/mol. The topological polar surface area (TPSA) is 47.9 Å². The minimum absolute atomic E-state index is 0.0306. The van der Waals surface area contributed by atoms with Gasteiger partial charge in [0.1, 0.15) is 18.2 Å². The number of aliphatic imine (C=N–C) groups is 1. The van der Waals surface area contributed by atoms with Gasteiger partial charge in [0.2, 0.25) is 5.90 Å². The van der Waals surface area contributed by atoms with E-state index in [0.717, 1.165) is 24.0 Å². The van der Waals surface area contributed by atoms with Crippen LogP contribution >= 0.6 is 45.2 Å². The van der Waals surface area contributed by atoms with Gasteiger partial charge < -0.3 is 9.47 Å². The molecule has 156 valence electrons. The molecule has 0 aliphatic carbocycles. The largest absolute Gasteiger partial charge is 0.487 e. The average Bonchev–Trinajstić information content (AvgIpc) is 3.09. The first kappa shape index (κ1) is 21.9. The van der Waals surface area contributed by atoms with Crippen LogP contribution in [-0.2, 0) is 16.1 Å². The zero-order valence-electron chi connectivity index (χ0n) is 16.4. The van der Waals surface area contributed by atoms with Crippen LogP contribution in [0.3, 0.4) is 0 Å². The Balaban J connectivity index is 1.58. The van der Waals surface area contributed by atoms with Crippen LogP contribution in [0, 0.1) is 19.9 Å². The SMILES string of the molecule is Cc1ccccc1COc1c(I)cc(/C=C2\N=C(c3ccccc3F)OC2=O)cc1I. The number of carbonyl (C=O) groups is 1. The number of aryl methyl sites for hydroxylation is 1. The molecule has 3 aromatic carbocycles. The van der Waals surface area contributed by atoms with Gasteiger partial charge in [0.15, 0.2) is 5.70 Å². The predicted octanol–water partition coefficient (Wildman–Crippen LogP) is 6.27. The fourth-order valence-corrected chi connectivity index (χ4v) is 5.17. The van der Waals surface area contributed by atoms with Crippen LogP contribution < -0.4 is 4.74 Å². The van der Waals surface area contributed by atoms with Crippen LogP contribution in [0.4, 0.5) is 4.39 Å². The van der Waals surface area contributed by atoms with Crippen molar-refractivity contribution in [2.45, 2.75) is 13.5 Å². The van der Waals surface area contributed by atoms with E-state index in [1.807, 2.05) is 30.3 Å². The zero-order valence-corrected chi connectivity index (χ0v) is 20.7. The molecule has 0 radical (unpaired) electrons. The molecule has 0 saturated heterocycles. The molecular formula is C24H16FI2NO3. The summed E-state index contributed by atoms with van der Waals surface area (Å²) in [6.45, 7) is 2.53. The lowest BCUT2D eigenvalue weighted by Gasteiger charge is -2.13. The molecule has 7 heteroatoms. The van der Waals surface area contributed by atoms with Gasteiger partial charge in [-0.3, -0.25) is 0 Å². The average molecular weight is 639 g/mol. The number of benzene rings is 3. The second-order valence-electron chi connectivity index (χ2n) is 6.84. The fraction of sp³-hybridized carbons (Fsp3) is 0.0833. The summed E-state index contributed by atoms with van der Waals surface area (Å²) in [4.78, 5) is 16.4. The van der Waals surface area contributed by atoms with Crippen molar-refractivity contribution in [3.8, 4) is 5.75 Å². The Bertz CT molecular complexity index is 1210. The number of ether oxygens (including phenoxy) is 2. The molecule has 1 aliphatic rings. The van der Waals surface area contributed by atoms with Gasteiger partial charge in [0.25, 0.3) is 0 Å². The molecule has 0 bridgehead atoms. The summed E-state index contributed by atoms with van der Waals surface area (Å²) in [5.41, 5.74) is 3.37. The number of cyclic esters (lactones) is 1. The lowest BCUT2D eigenvalue weighted by atomic mass is 10.1. The van der Waals surface area contributed by atoms with E-state index in [1.165, 1.54) is 17.7 Å². The van der Waals surface area contributed by atoms with Crippen molar-refractivity contribution >= 4 is 63.1 Å².